The summed E-state index contributed by atoms with van der Waals surface area (Å²) in [5.74, 6) is -0.808. The highest BCUT2D eigenvalue weighted by Crippen LogP contribution is 2.06. The third-order valence-electron chi connectivity index (χ3n) is 2.30. The van der Waals surface area contributed by atoms with E-state index in [4.69, 9.17) is 0 Å². The summed E-state index contributed by atoms with van der Waals surface area (Å²) in [5, 5.41) is 6.47. The van der Waals surface area contributed by atoms with Crippen LogP contribution in [0.4, 0.5) is 4.39 Å². The summed E-state index contributed by atoms with van der Waals surface area (Å²) < 4.78 is 12.6. The Hall–Kier alpha value is -2.24. The normalized spacial score (nSPS) is 10.2. The van der Waals surface area contributed by atoms with Crippen LogP contribution in [0.25, 0.3) is 0 Å². The van der Waals surface area contributed by atoms with Gasteiger partial charge in [-0.1, -0.05) is 0 Å². The Balaban J connectivity index is 2.07. The van der Waals surface area contributed by atoms with E-state index < -0.39 is 5.95 Å². The third-order valence-corrected chi connectivity index (χ3v) is 2.30. The summed E-state index contributed by atoms with van der Waals surface area (Å²) in [7, 11) is 1.67. The molecule has 0 aliphatic rings. The second-order valence-corrected chi connectivity index (χ2v) is 3.64. The highest BCUT2D eigenvalue weighted by Gasteiger charge is 2.12. The van der Waals surface area contributed by atoms with Crippen LogP contribution in [0.15, 0.2) is 30.7 Å². The molecular formula is C11H11FN4O. The highest BCUT2D eigenvalue weighted by atomic mass is 19.1. The van der Waals surface area contributed by atoms with Gasteiger partial charge in [-0.25, -0.2) is 4.98 Å². The van der Waals surface area contributed by atoms with Crippen molar-refractivity contribution < 1.29 is 9.18 Å². The monoisotopic (exact) mass is 234 g/mol. The molecule has 0 aromatic carbocycles. The molecule has 1 amide bonds. The zero-order chi connectivity index (χ0) is 12.3. The molecule has 2 aromatic rings. The van der Waals surface area contributed by atoms with Gasteiger partial charge >= 0.3 is 0 Å². The number of nitrogens with zero attached hydrogens (tertiary/aromatic N) is 3. The molecule has 0 spiro atoms. The molecule has 0 aliphatic carbocycles. The zero-order valence-electron chi connectivity index (χ0n) is 9.22. The number of carbonyl (C=O) groups is 1. The molecule has 1 N–H and O–H groups in total. The van der Waals surface area contributed by atoms with E-state index in [-0.39, 0.29) is 5.91 Å². The number of halogens is 1. The molecule has 0 unspecified atom stereocenters. The summed E-state index contributed by atoms with van der Waals surface area (Å²) in [6.45, 7) is 0.437. The molecule has 0 bridgehead atoms. The van der Waals surface area contributed by atoms with Crippen molar-refractivity contribution in [1.29, 1.82) is 0 Å². The van der Waals surface area contributed by atoms with E-state index in [1.54, 1.807) is 19.4 Å². The first-order chi connectivity index (χ1) is 8.16. The summed E-state index contributed by atoms with van der Waals surface area (Å²) in [5.41, 5.74) is 1.26. The Morgan fingerprint density at radius 2 is 2.29 bits per heavy atom. The topological polar surface area (TPSA) is 61.9 Å². The summed E-state index contributed by atoms with van der Waals surface area (Å²) in [4.78, 5) is 16.9. The van der Waals surface area contributed by atoms with Gasteiger partial charge in [-0.2, -0.15) is 9.49 Å². The van der Waals surface area contributed by atoms with Crippen LogP contribution >= 0.6 is 0 Å². The van der Waals surface area contributed by atoms with Gasteiger partial charge < -0.3 is 4.90 Å². The van der Waals surface area contributed by atoms with Crippen molar-refractivity contribution in [2.75, 3.05) is 7.05 Å². The molecule has 88 valence electrons. The van der Waals surface area contributed by atoms with Gasteiger partial charge in [0.15, 0.2) is 0 Å². The molecular weight excluding hydrogens is 223 g/mol. The molecule has 0 atom stereocenters. The van der Waals surface area contributed by atoms with Crippen LogP contribution in [-0.4, -0.2) is 33.0 Å². The molecule has 0 fully saturated rings. The maximum Gasteiger partial charge on any atom is 0.255 e. The first-order valence-corrected chi connectivity index (χ1v) is 5.01. The Kier molecular flexibility index (Phi) is 3.13. The SMILES string of the molecule is CN(Cc1cn[nH]c1)C(=O)c1ccc(F)nc1. The van der Waals surface area contributed by atoms with E-state index in [0.29, 0.717) is 12.1 Å². The predicted molar refractivity (Wildman–Crippen MR) is 58.6 cm³/mol. The lowest BCUT2D eigenvalue weighted by Gasteiger charge is -2.15. The number of aromatic amines is 1. The van der Waals surface area contributed by atoms with Gasteiger partial charge in [0.25, 0.3) is 5.91 Å². The number of H-pyrrole nitrogens is 1. The van der Waals surface area contributed by atoms with Crippen LogP contribution in [0.3, 0.4) is 0 Å². The zero-order valence-corrected chi connectivity index (χ0v) is 9.22. The second kappa shape index (κ2) is 4.73. The van der Waals surface area contributed by atoms with Gasteiger partial charge in [0.1, 0.15) is 0 Å². The molecule has 6 heteroatoms. The lowest BCUT2D eigenvalue weighted by molar-refractivity contribution is 0.0784. The van der Waals surface area contributed by atoms with Gasteiger partial charge in [0.2, 0.25) is 5.95 Å². The number of hydrogen-bond acceptors (Lipinski definition) is 3. The molecule has 5 nitrogen and oxygen atoms in total. The van der Waals surface area contributed by atoms with Gasteiger partial charge in [-0.3, -0.25) is 9.89 Å². The van der Waals surface area contributed by atoms with Crippen LogP contribution < -0.4 is 0 Å². The van der Waals surface area contributed by atoms with Crippen molar-refractivity contribution in [3.05, 3.63) is 47.8 Å². The van der Waals surface area contributed by atoms with Crippen LogP contribution in [0.1, 0.15) is 15.9 Å². The van der Waals surface area contributed by atoms with E-state index in [1.165, 1.54) is 23.2 Å². The van der Waals surface area contributed by atoms with Crippen molar-refractivity contribution in [2.24, 2.45) is 0 Å². The van der Waals surface area contributed by atoms with E-state index in [1.807, 2.05) is 0 Å². The number of rotatable bonds is 3. The maximum absolute atomic E-state index is 12.6. The summed E-state index contributed by atoms with van der Waals surface area (Å²) in [6.07, 6.45) is 4.59. The standard InChI is InChI=1S/C11H11FN4O/c1-16(7-8-4-14-15-5-8)11(17)9-2-3-10(12)13-6-9/h2-6H,7H2,1H3,(H,14,15). The van der Waals surface area contributed by atoms with Crippen LogP contribution in [0.2, 0.25) is 0 Å². The number of nitrogens with one attached hydrogen (secondary N) is 1. The minimum absolute atomic E-state index is 0.210. The molecule has 2 aromatic heterocycles. The Labute approximate surface area is 97.3 Å². The largest absolute Gasteiger partial charge is 0.337 e. The molecule has 2 heterocycles. The molecule has 17 heavy (non-hydrogen) atoms. The molecule has 0 aliphatic heterocycles. The second-order valence-electron chi connectivity index (χ2n) is 3.64. The van der Waals surface area contributed by atoms with Gasteiger partial charge in [0.05, 0.1) is 11.8 Å². The van der Waals surface area contributed by atoms with Crippen LogP contribution in [0.5, 0.6) is 0 Å². The number of amides is 1. The van der Waals surface area contributed by atoms with Crippen molar-refractivity contribution in [2.45, 2.75) is 6.54 Å². The molecule has 0 radical (unpaired) electrons. The first kappa shape index (κ1) is 11.3. The van der Waals surface area contributed by atoms with Crippen LogP contribution in [-0.2, 0) is 6.54 Å². The van der Waals surface area contributed by atoms with Gasteiger partial charge in [0, 0.05) is 31.5 Å². The fourth-order valence-corrected chi connectivity index (χ4v) is 1.43. The number of aromatic nitrogens is 3. The quantitative estimate of drug-likeness (QED) is 0.812. The Morgan fingerprint density at radius 1 is 1.47 bits per heavy atom. The van der Waals surface area contributed by atoms with Gasteiger partial charge in [-0.15, -0.1) is 0 Å². The van der Waals surface area contributed by atoms with E-state index >= 15 is 0 Å². The van der Waals surface area contributed by atoms with Crippen molar-refractivity contribution in [1.82, 2.24) is 20.1 Å². The average molecular weight is 234 g/mol. The van der Waals surface area contributed by atoms with Crippen molar-refractivity contribution >= 4 is 5.91 Å². The Morgan fingerprint density at radius 3 is 2.88 bits per heavy atom. The van der Waals surface area contributed by atoms with Crippen molar-refractivity contribution in [3.8, 4) is 0 Å². The minimum Gasteiger partial charge on any atom is -0.337 e. The van der Waals surface area contributed by atoms with E-state index in [9.17, 15) is 9.18 Å². The summed E-state index contributed by atoms with van der Waals surface area (Å²) >= 11 is 0. The Bertz CT molecular complexity index is 495. The lowest BCUT2D eigenvalue weighted by atomic mass is 10.2. The maximum atomic E-state index is 12.6. The third kappa shape index (κ3) is 2.66. The average Bonchev–Trinajstić information content (AvgIpc) is 2.82. The van der Waals surface area contributed by atoms with E-state index in [2.05, 4.69) is 15.2 Å². The first-order valence-electron chi connectivity index (χ1n) is 5.01. The fourth-order valence-electron chi connectivity index (χ4n) is 1.43. The number of hydrogen-bond donors (Lipinski definition) is 1. The van der Waals surface area contributed by atoms with E-state index in [0.717, 1.165) is 5.56 Å². The lowest BCUT2D eigenvalue weighted by Crippen LogP contribution is -2.26. The minimum atomic E-state index is -0.598. The molecule has 0 saturated carbocycles. The van der Waals surface area contributed by atoms with Gasteiger partial charge in [-0.05, 0) is 12.1 Å². The summed E-state index contributed by atoms with van der Waals surface area (Å²) in [6, 6.07) is 2.58. The molecule has 0 saturated heterocycles. The number of carbonyl (C=O) groups excluding carboxylic acids is 1. The van der Waals surface area contributed by atoms with Crippen LogP contribution in [0, 0.1) is 5.95 Å². The van der Waals surface area contributed by atoms with Crippen molar-refractivity contribution in [3.63, 3.8) is 0 Å². The smallest absolute Gasteiger partial charge is 0.255 e. The number of pyridine rings is 1. The highest BCUT2D eigenvalue weighted by molar-refractivity contribution is 5.93. The predicted octanol–water partition coefficient (Wildman–Crippen LogP) is 1.22. The molecule has 2 rings (SSSR count). The fraction of sp³-hybridized carbons (Fsp3) is 0.182.